The smallest absolute Gasteiger partial charge is 0.326 e. The van der Waals surface area contributed by atoms with Crippen molar-refractivity contribution in [3.05, 3.63) is 62.4 Å². The Labute approximate surface area is 168 Å². The number of fused-ring (bicyclic) bond motifs is 3. The van der Waals surface area contributed by atoms with Crippen molar-refractivity contribution < 1.29 is 19.4 Å². The molecule has 0 fully saturated rings. The molecule has 2 aromatic carbocycles. The fraction of sp³-hybridized carbons (Fsp3) is 0.167. The number of nitrogens with zero attached hydrogens (tertiary/aromatic N) is 3. The molecule has 1 aliphatic rings. The Kier molecular flexibility index (Phi) is 4.59. The summed E-state index contributed by atoms with van der Waals surface area (Å²) in [5.74, 6) is -0.613. The molecule has 29 heavy (non-hydrogen) atoms. The van der Waals surface area contributed by atoms with Crippen molar-refractivity contribution in [2.75, 3.05) is 18.7 Å². The molecule has 0 unspecified atom stereocenters. The summed E-state index contributed by atoms with van der Waals surface area (Å²) < 4.78 is 6.50. The summed E-state index contributed by atoms with van der Waals surface area (Å²) in [7, 11) is 1.24. The Hall–Kier alpha value is -3.60. The Bertz CT molecular complexity index is 1200. The van der Waals surface area contributed by atoms with E-state index in [-0.39, 0.29) is 28.3 Å². The number of methoxy groups -OCH3 is 1. The summed E-state index contributed by atoms with van der Waals surface area (Å²) in [5, 5.41) is 29.9. The summed E-state index contributed by atoms with van der Waals surface area (Å²) in [6, 6.07) is 9.86. The van der Waals surface area contributed by atoms with Gasteiger partial charge in [-0.05, 0) is 35.2 Å². The van der Waals surface area contributed by atoms with E-state index in [1.807, 2.05) is 0 Å². The largest absolute Gasteiger partial charge is 0.504 e. The minimum atomic E-state index is -0.872. The van der Waals surface area contributed by atoms with Crippen molar-refractivity contribution in [2.24, 2.45) is 0 Å². The van der Waals surface area contributed by atoms with E-state index in [1.165, 1.54) is 35.7 Å². The van der Waals surface area contributed by atoms with E-state index in [1.54, 1.807) is 30.5 Å². The number of hydrogen-bond acceptors (Lipinski definition) is 8. The van der Waals surface area contributed by atoms with Gasteiger partial charge in [0.05, 0.1) is 23.3 Å². The topological polar surface area (TPSA) is 134 Å². The second-order valence-corrected chi connectivity index (χ2v) is 6.96. The Morgan fingerprint density at radius 2 is 2.07 bits per heavy atom. The van der Waals surface area contributed by atoms with Crippen LogP contribution in [-0.4, -0.2) is 33.5 Å². The van der Waals surface area contributed by atoms with Crippen LogP contribution >= 0.6 is 11.8 Å². The molecular formula is C18H16N5O5S+. The number of phenolic OH excluding ortho intramolecular Hbond substituents is 1. The molecule has 148 valence electrons. The maximum atomic E-state index is 12.8. The highest BCUT2D eigenvalue weighted by atomic mass is 32.2. The summed E-state index contributed by atoms with van der Waals surface area (Å²) >= 11 is 1.24. The summed E-state index contributed by atoms with van der Waals surface area (Å²) in [4.78, 5) is 26.7. The van der Waals surface area contributed by atoms with Gasteiger partial charge in [-0.1, -0.05) is 23.9 Å². The van der Waals surface area contributed by atoms with Gasteiger partial charge < -0.3 is 15.2 Å². The molecule has 1 atom stereocenters. The summed E-state index contributed by atoms with van der Waals surface area (Å²) in [6.45, 7) is 0. The van der Waals surface area contributed by atoms with Crippen LogP contribution < -0.4 is 20.3 Å². The van der Waals surface area contributed by atoms with Crippen LogP contribution in [0.15, 0.2) is 46.3 Å². The van der Waals surface area contributed by atoms with Gasteiger partial charge in [-0.3, -0.25) is 19.9 Å². The van der Waals surface area contributed by atoms with Crippen LogP contribution in [0.4, 0.5) is 11.4 Å². The molecule has 0 saturated carbocycles. The third-order valence-corrected chi connectivity index (χ3v) is 5.17. The minimum absolute atomic E-state index is 0.190. The fourth-order valence-electron chi connectivity index (χ4n) is 3.38. The van der Waals surface area contributed by atoms with Gasteiger partial charge in [0, 0.05) is 5.10 Å². The van der Waals surface area contributed by atoms with Crippen LogP contribution in [0.3, 0.4) is 0 Å². The molecule has 1 aliphatic heterocycles. The van der Waals surface area contributed by atoms with Crippen LogP contribution in [-0.2, 0) is 0 Å². The first-order valence-corrected chi connectivity index (χ1v) is 9.69. The number of phenols is 1. The van der Waals surface area contributed by atoms with Gasteiger partial charge >= 0.3 is 16.9 Å². The number of anilines is 1. The molecular weight excluding hydrogens is 398 g/mol. The number of rotatable bonds is 4. The molecule has 0 radical (unpaired) electrons. The number of aromatic hydroxyl groups is 1. The molecule has 3 aromatic rings. The van der Waals surface area contributed by atoms with Crippen molar-refractivity contribution in [1.82, 2.24) is 10.1 Å². The first kappa shape index (κ1) is 18.7. The van der Waals surface area contributed by atoms with Crippen LogP contribution in [0, 0.1) is 10.1 Å². The lowest BCUT2D eigenvalue weighted by Gasteiger charge is -2.22. The fourth-order valence-corrected chi connectivity index (χ4v) is 3.74. The number of thioether (sulfide) groups is 1. The zero-order chi connectivity index (χ0) is 20.7. The lowest BCUT2D eigenvalue weighted by atomic mass is 10.0. The number of H-pyrrole nitrogens is 1. The molecule has 0 bridgehead atoms. The first-order valence-electron chi connectivity index (χ1n) is 8.46. The third kappa shape index (κ3) is 2.95. The molecule has 0 amide bonds. The van der Waals surface area contributed by atoms with E-state index >= 15 is 0 Å². The van der Waals surface area contributed by atoms with Gasteiger partial charge in [0.2, 0.25) is 10.9 Å². The molecule has 0 saturated heterocycles. The van der Waals surface area contributed by atoms with E-state index in [9.17, 15) is 20.0 Å². The molecule has 10 nitrogen and oxygen atoms in total. The van der Waals surface area contributed by atoms with E-state index in [0.717, 1.165) is 0 Å². The van der Waals surface area contributed by atoms with Crippen molar-refractivity contribution in [1.29, 1.82) is 0 Å². The number of nitro groups is 1. The van der Waals surface area contributed by atoms with Gasteiger partial charge in [-0.25, -0.2) is 0 Å². The predicted molar refractivity (Wildman–Crippen MR) is 105 cm³/mol. The van der Waals surface area contributed by atoms with E-state index in [4.69, 9.17) is 4.74 Å². The van der Waals surface area contributed by atoms with Crippen LogP contribution in [0.5, 0.6) is 11.5 Å². The summed E-state index contributed by atoms with van der Waals surface area (Å²) in [6.07, 6.45) is 0.888. The second-order valence-electron chi connectivity index (χ2n) is 6.16. The number of hydrogen-bond donors (Lipinski definition) is 3. The zero-order valence-corrected chi connectivity index (χ0v) is 16.2. The standard InChI is InChI=1S/C18H15N5O5S/c1-28-15-12(24)8-7-10(13(15)23(26)27)16-19-11-6-4-3-5-9(11)14-17(25)20-18(29-2)21-22(14)16/h3-8,16H,1-2H3,(H2,20,21,24,25)/p+1/t16-/m0/s1. The highest BCUT2D eigenvalue weighted by Gasteiger charge is 2.42. The number of nitro benzene ring substituents is 1. The average molecular weight is 414 g/mol. The Morgan fingerprint density at radius 1 is 1.31 bits per heavy atom. The number of aromatic nitrogens is 3. The van der Waals surface area contributed by atoms with Gasteiger partial charge in [-0.15, -0.1) is 0 Å². The van der Waals surface area contributed by atoms with E-state index in [0.29, 0.717) is 16.4 Å². The zero-order valence-electron chi connectivity index (χ0n) is 15.4. The van der Waals surface area contributed by atoms with Gasteiger partial charge in [0.15, 0.2) is 5.75 Å². The van der Waals surface area contributed by atoms with Crippen molar-refractivity contribution in [3.63, 3.8) is 0 Å². The molecule has 3 N–H and O–H groups in total. The lowest BCUT2D eigenvalue weighted by molar-refractivity contribution is -0.759. The molecule has 1 aromatic heterocycles. The molecule has 0 spiro atoms. The molecule has 11 heteroatoms. The number of aromatic amines is 1. The van der Waals surface area contributed by atoms with Crippen molar-refractivity contribution in [2.45, 2.75) is 11.3 Å². The number of para-hydroxylation sites is 1. The van der Waals surface area contributed by atoms with Gasteiger partial charge in [0.25, 0.3) is 6.17 Å². The second kappa shape index (κ2) is 7.09. The van der Waals surface area contributed by atoms with E-state index in [2.05, 4.69) is 15.4 Å². The Balaban J connectivity index is 2.05. The quantitative estimate of drug-likeness (QED) is 0.256. The SMILES string of the molecule is COc1c(O)ccc([C@H]2Nc3ccccc3-c3c(=O)[nH]c(SC)n[n+]32)c1[N+](=O)[O-]. The van der Waals surface area contributed by atoms with Crippen molar-refractivity contribution in [3.8, 4) is 22.8 Å². The maximum absolute atomic E-state index is 12.8. The van der Waals surface area contributed by atoms with Gasteiger partial charge in [-0.2, -0.15) is 0 Å². The third-order valence-electron chi connectivity index (χ3n) is 4.60. The number of nitrogens with one attached hydrogen (secondary N) is 2. The molecule has 0 aliphatic carbocycles. The van der Waals surface area contributed by atoms with Crippen LogP contribution in [0.25, 0.3) is 11.3 Å². The van der Waals surface area contributed by atoms with Crippen LogP contribution in [0.2, 0.25) is 0 Å². The highest BCUT2D eigenvalue weighted by Crippen LogP contribution is 2.42. The van der Waals surface area contributed by atoms with E-state index < -0.39 is 16.8 Å². The predicted octanol–water partition coefficient (Wildman–Crippen LogP) is 2.04. The van der Waals surface area contributed by atoms with Crippen LogP contribution in [0.1, 0.15) is 11.7 Å². The lowest BCUT2D eigenvalue weighted by Crippen LogP contribution is -2.55. The van der Waals surface area contributed by atoms with Gasteiger partial charge in [0.1, 0.15) is 5.56 Å². The maximum Gasteiger partial charge on any atom is 0.326 e. The number of benzene rings is 2. The minimum Gasteiger partial charge on any atom is -0.504 e. The number of ether oxygens (including phenoxy) is 1. The highest BCUT2D eigenvalue weighted by molar-refractivity contribution is 7.98. The first-order chi connectivity index (χ1) is 14.0. The summed E-state index contributed by atoms with van der Waals surface area (Å²) in [5.41, 5.74) is 0.938. The van der Waals surface area contributed by atoms with Crippen molar-refractivity contribution >= 4 is 23.1 Å². The molecule has 4 rings (SSSR count). The molecule has 2 heterocycles. The average Bonchev–Trinajstić information content (AvgIpc) is 2.72. The normalized spacial score (nSPS) is 14.5. The Morgan fingerprint density at radius 3 is 2.76 bits per heavy atom. The monoisotopic (exact) mass is 414 g/mol.